The van der Waals surface area contributed by atoms with Gasteiger partial charge in [-0.15, -0.1) is 0 Å². The minimum atomic E-state index is -4.47. The Kier molecular flexibility index (Phi) is 9.40. The van der Waals surface area contributed by atoms with E-state index in [9.17, 15) is 22.0 Å². The predicted molar refractivity (Wildman–Crippen MR) is 154 cm³/mol. The highest BCUT2D eigenvalue weighted by molar-refractivity contribution is 7.92. The molecule has 0 aromatic heterocycles. The number of carbonyl (C=O) groups is 1. The van der Waals surface area contributed by atoms with Crippen LogP contribution in [0.3, 0.4) is 0 Å². The molecule has 4 aromatic rings. The van der Waals surface area contributed by atoms with Gasteiger partial charge in [-0.05, 0) is 85.5 Å². The van der Waals surface area contributed by atoms with E-state index >= 15 is 4.39 Å². The first-order valence-corrected chi connectivity index (χ1v) is 14.7. The van der Waals surface area contributed by atoms with Crippen molar-refractivity contribution < 1.29 is 26.4 Å². The van der Waals surface area contributed by atoms with E-state index in [0.29, 0.717) is 16.1 Å². The fourth-order valence-electron chi connectivity index (χ4n) is 4.63. The van der Waals surface area contributed by atoms with E-state index in [4.69, 9.17) is 11.6 Å². The van der Waals surface area contributed by atoms with Gasteiger partial charge in [-0.2, -0.15) is 0 Å². The molecule has 0 saturated heterocycles. The van der Waals surface area contributed by atoms with Gasteiger partial charge in [0.15, 0.2) is 0 Å². The van der Waals surface area contributed by atoms with Crippen molar-refractivity contribution in [3.05, 3.63) is 130 Å². The molecule has 41 heavy (non-hydrogen) atoms. The summed E-state index contributed by atoms with van der Waals surface area (Å²) in [5.74, 6) is -2.67. The standard InChI is InChI=1S/C31H28ClF3N2O3S/c1-20(22-6-4-3-5-7-22)36-31(38)17-8-23-18-25(33)11-15-28(23)21(2)37(30-19-26(34)12-16-29(30)35)41(39,40)27-13-9-24(32)10-14-27/h3-7,9-16,18-21H,8,17H2,1-2H3,(H,36,38)/t20?,21-/m1/s1. The molecule has 1 N–H and O–H groups in total. The molecule has 0 fully saturated rings. The molecule has 1 amide bonds. The Morgan fingerprint density at radius 3 is 2.20 bits per heavy atom. The second kappa shape index (κ2) is 12.8. The highest BCUT2D eigenvalue weighted by atomic mass is 35.5. The van der Waals surface area contributed by atoms with Gasteiger partial charge in [0.2, 0.25) is 5.91 Å². The third-order valence-electron chi connectivity index (χ3n) is 6.72. The van der Waals surface area contributed by atoms with Crippen molar-refractivity contribution in [2.45, 2.75) is 43.7 Å². The average Bonchev–Trinajstić information content (AvgIpc) is 2.94. The van der Waals surface area contributed by atoms with Gasteiger partial charge in [-0.1, -0.05) is 48.0 Å². The van der Waals surface area contributed by atoms with Gasteiger partial charge in [-0.25, -0.2) is 21.6 Å². The Bertz CT molecular complexity index is 1630. The van der Waals surface area contributed by atoms with Gasteiger partial charge in [0, 0.05) is 17.5 Å². The van der Waals surface area contributed by atoms with Crippen molar-refractivity contribution in [3.63, 3.8) is 0 Å². The SMILES string of the molecule is CC(NC(=O)CCc1cc(F)ccc1[C@@H](C)N(c1cc(F)ccc1F)S(=O)(=O)c1ccc(Cl)cc1)c1ccccc1. The second-order valence-corrected chi connectivity index (χ2v) is 11.8. The summed E-state index contributed by atoms with van der Waals surface area (Å²) in [7, 11) is -4.47. The summed E-state index contributed by atoms with van der Waals surface area (Å²) < 4.78 is 72.3. The van der Waals surface area contributed by atoms with E-state index in [-0.39, 0.29) is 29.7 Å². The third-order valence-corrected chi connectivity index (χ3v) is 8.87. The Hall–Kier alpha value is -3.82. The van der Waals surface area contributed by atoms with Crippen molar-refractivity contribution in [1.29, 1.82) is 0 Å². The molecule has 5 nitrogen and oxygen atoms in total. The van der Waals surface area contributed by atoms with Crippen molar-refractivity contribution in [3.8, 4) is 0 Å². The largest absolute Gasteiger partial charge is 0.350 e. The van der Waals surface area contributed by atoms with Crippen LogP contribution >= 0.6 is 11.6 Å². The van der Waals surface area contributed by atoms with E-state index < -0.39 is 39.2 Å². The van der Waals surface area contributed by atoms with Crippen LogP contribution in [0, 0.1) is 17.5 Å². The first kappa shape index (κ1) is 30.1. The molecule has 0 aliphatic heterocycles. The van der Waals surface area contributed by atoms with E-state index in [2.05, 4.69) is 5.32 Å². The second-order valence-electron chi connectivity index (χ2n) is 9.57. The molecule has 0 aliphatic carbocycles. The molecule has 4 rings (SSSR count). The van der Waals surface area contributed by atoms with E-state index in [1.54, 1.807) is 0 Å². The normalized spacial score (nSPS) is 12.9. The predicted octanol–water partition coefficient (Wildman–Crippen LogP) is 7.52. The number of carbonyl (C=O) groups excluding carboxylic acids is 1. The first-order chi connectivity index (χ1) is 19.5. The maximum Gasteiger partial charge on any atom is 0.264 e. The van der Waals surface area contributed by atoms with Gasteiger partial charge < -0.3 is 5.32 Å². The summed E-state index contributed by atoms with van der Waals surface area (Å²) in [6, 6.07) is 19.5. The lowest BCUT2D eigenvalue weighted by Crippen LogP contribution is -2.35. The van der Waals surface area contributed by atoms with Gasteiger partial charge in [-0.3, -0.25) is 9.10 Å². The minimum absolute atomic E-state index is 0.0153. The zero-order chi connectivity index (χ0) is 29.7. The Labute approximate surface area is 242 Å². The topological polar surface area (TPSA) is 66.5 Å². The molecule has 0 bridgehead atoms. The quantitative estimate of drug-likeness (QED) is 0.205. The number of rotatable bonds is 10. The number of halogens is 4. The molecule has 0 aliphatic rings. The molecule has 4 aromatic carbocycles. The van der Waals surface area contributed by atoms with Crippen LogP contribution in [0.4, 0.5) is 18.9 Å². The Morgan fingerprint density at radius 1 is 0.878 bits per heavy atom. The number of hydrogen-bond acceptors (Lipinski definition) is 3. The summed E-state index contributed by atoms with van der Waals surface area (Å²) in [5.41, 5.74) is 1.09. The number of nitrogens with one attached hydrogen (secondary N) is 1. The molecule has 0 radical (unpaired) electrons. The van der Waals surface area contributed by atoms with E-state index in [1.165, 1.54) is 43.3 Å². The summed E-state index contributed by atoms with van der Waals surface area (Å²) in [6.45, 7) is 3.34. The highest BCUT2D eigenvalue weighted by Gasteiger charge is 2.34. The zero-order valence-electron chi connectivity index (χ0n) is 22.3. The molecule has 0 heterocycles. The third kappa shape index (κ3) is 7.10. The van der Waals surface area contributed by atoms with Crippen LogP contribution in [0.15, 0.2) is 95.9 Å². The molecule has 0 saturated carbocycles. The summed E-state index contributed by atoms with van der Waals surface area (Å²) in [4.78, 5) is 12.6. The Balaban J connectivity index is 1.69. The molecular weight excluding hydrogens is 573 g/mol. The lowest BCUT2D eigenvalue weighted by atomic mass is 9.97. The van der Waals surface area contributed by atoms with Crippen molar-refractivity contribution in [2.24, 2.45) is 0 Å². The minimum Gasteiger partial charge on any atom is -0.350 e. The number of anilines is 1. The lowest BCUT2D eigenvalue weighted by Gasteiger charge is -2.32. The number of sulfonamides is 1. The maximum absolute atomic E-state index is 15.1. The summed E-state index contributed by atoms with van der Waals surface area (Å²) in [6.07, 6.45) is 0.0594. The number of hydrogen-bond donors (Lipinski definition) is 1. The number of amides is 1. The molecule has 0 spiro atoms. The van der Waals surface area contributed by atoms with Crippen molar-refractivity contribution in [1.82, 2.24) is 5.32 Å². The van der Waals surface area contributed by atoms with Crippen LogP contribution in [-0.2, 0) is 21.2 Å². The van der Waals surface area contributed by atoms with Gasteiger partial charge in [0.25, 0.3) is 10.0 Å². The molecule has 1 unspecified atom stereocenters. The van der Waals surface area contributed by atoms with Crippen LogP contribution in [0.1, 0.15) is 49.0 Å². The Morgan fingerprint density at radius 2 is 1.51 bits per heavy atom. The van der Waals surface area contributed by atoms with Crippen LogP contribution < -0.4 is 9.62 Å². The molecule has 2 atom stereocenters. The van der Waals surface area contributed by atoms with Gasteiger partial charge in [0.05, 0.1) is 22.7 Å². The number of aryl methyl sites for hydroxylation is 1. The van der Waals surface area contributed by atoms with Crippen LogP contribution in [0.2, 0.25) is 5.02 Å². The van der Waals surface area contributed by atoms with Crippen LogP contribution in [0.25, 0.3) is 0 Å². The number of nitrogens with zero attached hydrogens (tertiary/aromatic N) is 1. The van der Waals surface area contributed by atoms with Crippen LogP contribution in [0.5, 0.6) is 0 Å². The lowest BCUT2D eigenvalue weighted by molar-refractivity contribution is -0.121. The average molecular weight is 601 g/mol. The first-order valence-electron chi connectivity index (χ1n) is 12.8. The smallest absolute Gasteiger partial charge is 0.264 e. The van der Waals surface area contributed by atoms with Crippen LogP contribution in [-0.4, -0.2) is 14.3 Å². The fourth-order valence-corrected chi connectivity index (χ4v) is 6.39. The molecular formula is C31H28ClF3N2O3S. The number of benzene rings is 4. The summed E-state index contributed by atoms with van der Waals surface area (Å²) in [5, 5.41) is 3.19. The molecule has 214 valence electrons. The maximum atomic E-state index is 15.1. The monoisotopic (exact) mass is 600 g/mol. The summed E-state index contributed by atoms with van der Waals surface area (Å²) >= 11 is 5.94. The van der Waals surface area contributed by atoms with E-state index in [1.807, 2.05) is 37.3 Å². The van der Waals surface area contributed by atoms with Crippen molar-refractivity contribution in [2.75, 3.05) is 4.31 Å². The fraction of sp³-hybridized carbons (Fsp3) is 0.194. The van der Waals surface area contributed by atoms with Gasteiger partial charge in [0.1, 0.15) is 17.5 Å². The molecule has 10 heteroatoms. The highest BCUT2D eigenvalue weighted by Crippen LogP contribution is 2.37. The van der Waals surface area contributed by atoms with Crippen molar-refractivity contribution >= 4 is 33.2 Å². The zero-order valence-corrected chi connectivity index (χ0v) is 23.9. The van der Waals surface area contributed by atoms with Gasteiger partial charge >= 0.3 is 0 Å². The van der Waals surface area contributed by atoms with E-state index in [0.717, 1.165) is 34.1 Å².